The average Bonchev–Trinajstić information content (AvgIpc) is 2.44. The average molecular weight is 276 g/mol. The summed E-state index contributed by atoms with van der Waals surface area (Å²) in [7, 11) is 5.48. The highest BCUT2D eigenvalue weighted by molar-refractivity contribution is 6.07. The topological polar surface area (TPSA) is 34.1 Å². The van der Waals surface area contributed by atoms with Crippen LogP contribution in [-0.4, -0.2) is 44.1 Å². The lowest BCUT2D eigenvalue weighted by molar-refractivity contribution is -0.753. The minimum absolute atomic E-state index is 0.0611. The second kappa shape index (κ2) is 4.79. The fraction of sp³-hybridized carbons (Fsp3) is 0.500. The second-order valence-corrected chi connectivity index (χ2v) is 6.45. The second-order valence-electron chi connectivity index (χ2n) is 6.45. The standard InChI is InChI=1S/C16H24N2O2/c1-6-12(2)11-18(5)15(19)13-9-7-8-10-14(13)17(3,4)16(18)20/h7-10,12H,6,11H2,1-5H3/q+2. The van der Waals surface area contributed by atoms with Gasteiger partial charge in [-0.25, -0.2) is 4.79 Å². The number of carbonyl (C=O) groups is 2. The van der Waals surface area contributed by atoms with Gasteiger partial charge in [0.1, 0.15) is 12.1 Å². The quantitative estimate of drug-likeness (QED) is 0.795. The van der Waals surface area contributed by atoms with E-state index in [1.165, 1.54) is 0 Å². The SMILES string of the molecule is CCC(C)C[N+]1(C)C(=O)c2ccccc2[N+](C)(C)C1=O. The molecule has 0 radical (unpaired) electrons. The third kappa shape index (κ3) is 2.00. The van der Waals surface area contributed by atoms with Gasteiger partial charge in [0.2, 0.25) is 0 Å². The molecular weight excluding hydrogens is 252 g/mol. The van der Waals surface area contributed by atoms with Crippen LogP contribution in [0.25, 0.3) is 0 Å². The Morgan fingerprint density at radius 1 is 1.10 bits per heavy atom. The zero-order valence-electron chi connectivity index (χ0n) is 13.0. The van der Waals surface area contributed by atoms with Gasteiger partial charge >= 0.3 is 11.9 Å². The van der Waals surface area contributed by atoms with Crippen LogP contribution in [0.1, 0.15) is 30.6 Å². The Morgan fingerprint density at radius 3 is 2.30 bits per heavy atom. The number of para-hydroxylation sites is 1. The lowest BCUT2D eigenvalue weighted by atomic mass is 10.0. The summed E-state index contributed by atoms with van der Waals surface area (Å²) >= 11 is 0. The molecule has 0 aromatic heterocycles. The van der Waals surface area contributed by atoms with Crippen LogP contribution >= 0.6 is 0 Å². The predicted molar refractivity (Wildman–Crippen MR) is 80.3 cm³/mol. The Hall–Kier alpha value is -1.52. The lowest BCUT2D eigenvalue weighted by Crippen LogP contribution is -2.69. The molecule has 2 rings (SSSR count). The van der Waals surface area contributed by atoms with Gasteiger partial charge in [0, 0.05) is 12.0 Å². The third-order valence-corrected chi connectivity index (χ3v) is 4.46. The fourth-order valence-electron chi connectivity index (χ4n) is 3.06. The largest absolute Gasteiger partial charge is 0.526 e. The van der Waals surface area contributed by atoms with Crippen molar-refractivity contribution in [1.82, 2.24) is 4.48 Å². The van der Waals surface area contributed by atoms with Crippen molar-refractivity contribution in [1.29, 1.82) is 0 Å². The van der Waals surface area contributed by atoms with Gasteiger partial charge in [-0.1, -0.05) is 26.0 Å². The van der Waals surface area contributed by atoms with E-state index in [9.17, 15) is 9.59 Å². The number of carbonyl (C=O) groups excluding carboxylic acids is 2. The normalized spacial score (nSPS) is 26.2. The molecular formula is C16H24N2O2+2. The van der Waals surface area contributed by atoms with Crippen LogP contribution in [0.2, 0.25) is 0 Å². The minimum atomic E-state index is -0.140. The van der Waals surface area contributed by atoms with Crippen molar-refractivity contribution in [2.45, 2.75) is 20.3 Å². The molecule has 1 aliphatic rings. The molecule has 0 spiro atoms. The van der Waals surface area contributed by atoms with Gasteiger partial charge in [-0.3, -0.25) is 0 Å². The van der Waals surface area contributed by atoms with Crippen LogP contribution in [0, 0.1) is 5.92 Å². The van der Waals surface area contributed by atoms with E-state index in [0.29, 0.717) is 18.0 Å². The van der Waals surface area contributed by atoms with Crippen molar-refractivity contribution in [3.8, 4) is 0 Å². The van der Waals surface area contributed by atoms with Crippen molar-refractivity contribution < 1.29 is 14.1 Å². The van der Waals surface area contributed by atoms with E-state index >= 15 is 0 Å². The van der Waals surface area contributed by atoms with Gasteiger partial charge < -0.3 is 0 Å². The number of hydrogen-bond acceptors (Lipinski definition) is 2. The maximum absolute atomic E-state index is 12.9. The highest BCUT2D eigenvalue weighted by Gasteiger charge is 2.58. The number of quaternary nitrogens is 2. The molecule has 2 unspecified atom stereocenters. The number of imide groups is 1. The first-order valence-corrected chi connectivity index (χ1v) is 7.14. The molecule has 1 aliphatic heterocycles. The lowest BCUT2D eigenvalue weighted by Gasteiger charge is -2.40. The Morgan fingerprint density at radius 2 is 1.70 bits per heavy atom. The zero-order valence-corrected chi connectivity index (χ0v) is 13.0. The first-order chi connectivity index (χ1) is 9.25. The summed E-state index contributed by atoms with van der Waals surface area (Å²) in [5.41, 5.74) is 1.46. The molecule has 108 valence electrons. The molecule has 0 fully saturated rings. The maximum Gasteiger partial charge on any atom is 0.526 e. The van der Waals surface area contributed by atoms with E-state index in [1.54, 1.807) is 7.05 Å². The van der Waals surface area contributed by atoms with Crippen molar-refractivity contribution in [2.75, 3.05) is 27.7 Å². The van der Waals surface area contributed by atoms with E-state index < -0.39 is 0 Å². The summed E-state index contributed by atoms with van der Waals surface area (Å²) in [4.78, 5) is 25.7. The van der Waals surface area contributed by atoms with E-state index in [4.69, 9.17) is 0 Å². The van der Waals surface area contributed by atoms with E-state index in [2.05, 4.69) is 13.8 Å². The van der Waals surface area contributed by atoms with Crippen LogP contribution in [0.4, 0.5) is 10.5 Å². The maximum atomic E-state index is 12.9. The molecule has 1 aromatic rings. The smallest absolute Gasteiger partial charge is 0.225 e. The highest BCUT2D eigenvalue weighted by Crippen LogP contribution is 2.36. The Kier molecular flexibility index (Phi) is 3.56. The van der Waals surface area contributed by atoms with Crippen LogP contribution in [0.5, 0.6) is 0 Å². The van der Waals surface area contributed by atoms with Gasteiger partial charge in [0.05, 0.1) is 21.1 Å². The molecule has 20 heavy (non-hydrogen) atoms. The monoisotopic (exact) mass is 276 g/mol. The number of urea groups is 1. The summed E-state index contributed by atoms with van der Waals surface area (Å²) < 4.78 is -0.0200. The number of benzene rings is 1. The van der Waals surface area contributed by atoms with Crippen molar-refractivity contribution >= 4 is 17.6 Å². The van der Waals surface area contributed by atoms with Crippen LogP contribution in [0.3, 0.4) is 0 Å². The van der Waals surface area contributed by atoms with Crippen molar-refractivity contribution in [2.24, 2.45) is 5.92 Å². The first kappa shape index (κ1) is 14.9. The summed E-state index contributed by atoms with van der Waals surface area (Å²) in [6, 6.07) is 7.38. The Labute approximate surface area is 120 Å². The van der Waals surface area contributed by atoms with Crippen molar-refractivity contribution in [3.63, 3.8) is 0 Å². The molecule has 0 bridgehead atoms. The van der Waals surface area contributed by atoms with Crippen LogP contribution in [0.15, 0.2) is 24.3 Å². The summed E-state index contributed by atoms with van der Waals surface area (Å²) in [6.07, 6.45) is 0.962. The van der Waals surface area contributed by atoms with Gasteiger partial charge in [-0.05, 0) is 12.5 Å². The minimum Gasteiger partial charge on any atom is -0.225 e. The molecule has 0 saturated carbocycles. The highest BCUT2D eigenvalue weighted by atomic mass is 16.2. The van der Waals surface area contributed by atoms with Crippen LogP contribution in [-0.2, 0) is 0 Å². The molecule has 4 nitrogen and oxygen atoms in total. The van der Waals surface area contributed by atoms with Gasteiger partial charge in [0.25, 0.3) is 0 Å². The van der Waals surface area contributed by atoms with Gasteiger partial charge in [-0.2, -0.15) is 9.28 Å². The van der Waals surface area contributed by atoms with Gasteiger partial charge in [0.15, 0.2) is 5.69 Å². The van der Waals surface area contributed by atoms with Crippen LogP contribution < -0.4 is 4.48 Å². The van der Waals surface area contributed by atoms with E-state index in [-0.39, 0.29) is 20.9 Å². The first-order valence-electron chi connectivity index (χ1n) is 7.14. The summed E-state index contributed by atoms with van der Waals surface area (Å²) in [5.74, 6) is 0.251. The van der Waals surface area contributed by atoms with Crippen molar-refractivity contribution in [3.05, 3.63) is 29.8 Å². The zero-order chi connectivity index (χ0) is 15.1. The number of fused-ring (bicyclic) bond motifs is 1. The molecule has 0 saturated heterocycles. The fourth-order valence-corrected chi connectivity index (χ4v) is 3.06. The number of hydrogen-bond donors (Lipinski definition) is 0. The third-order valence-electron chi connectivity index (χ3n) is 4.46. The number of nitrogens with zero attached hydrogens (tertiary/aromatic N) is 2. The molecule has 0 aliphatic carbocycles. The summed E-state index contributed by atoms with van der Waals surface area (Å²) in [6.45, 7) is 4.73. The number of rotatable bonds is 3. The Bertz CT molecular complexity index is 565. The van der Waals surface area contributed by atoms with E-state index in [0.717, 1.165) is 12.1 Å². The molecule has 1 aromatic carbocycles. The molecule has 3 amide bonds. The molecule has 0 N–H and O–H groups in total. The Balaban J connectivity index is 2.59. The predicted octanol–water partition coefficient (Wildman–Crippen LogP) is 3.02. The van der Waals surface area contributed by atoms with Gasteiger partial charge in [-0.15, -0.1) is 4.48 Å². The molecule has 1 heterocycles. The van der Waals surface area contributed by atoms with E-state index in [1.807, 2.05) is 38.4 Å². The molecule has 4 heteroatoms. The number of amides is 3. The molecule has 2 atom stereocenters. The summed E-state index contributed by atoms with van der Waals surface area (Å²) in [5, 5.41) is 0.